The van der Waals surface area contributed by atoms with Crippen molar-refractivity contribution >= 4 is 54.9 Å². The summed E-state index contributed by atoms with van der Waals surface area (Å²) in [6, 6.07) is 23.6. The zero-order valence-electron chi connectivity index (χ0n) is 20.8. The van der Waals surface area contributed by atoms with E-state index >= 15 is 0 Å². The van der Waals surface area contributed by atoms with Crippen molar-refractivity contribution in [2.45, 2.75) is 33.2 Å². The topological polar surface area (TPSA) is 65.3 Å². The van der Waals surface area contributed by atoms with E-state index in [-0.39, 0.29) is 5.56 Å². The fraction of sp³-hybridized carbons (Fsp3) is 0.167. The molecule has 0 amide bonds. The number of furan rings is 1. The number of nitrogens with zero attached hydrogens (tertiary/aromatic N) is 4. The van der Waals surface area contributed by atoms with E-state index < -0.39 is 0 Å². The third-order valence-electron chi connectivity index (χ3n) is 6.99. The van der Waals surface area contributed by atoms with Crippen LogP contribution in [0.2, 0.25) is 0 Å². The van der Waals surface area contributed by atoms with Crippen LogP contribution in [0.1, 0.15) is 37.6 Å². The van der Waals surface area contributed by atoms with Gasteiger partial charge in [0.2, 0.25) is 5.82 Å². The maximum Gasteiger partial charge on any atom is 0.282 e. The predicted molar refractivity (Wildman–Crippen MR) is 154 cm³/mol. The van der Waals surface area contributed by atoms with Gasteiger partial charge in [0.15, 0.2) is 5.76 Å². The van der Waals surface area contributed by atoms with Gasteiger partial charge in [-0.1, -0.05) is 53.2 Å². The first kappa shape index (κ1) is 23.4. The average Bonchev–Trinajstić information content (AvgIpc) is 3.45. The Morgan fingerprint density at radius 3 is 2.62 bits per heavy atom. The van der Waals surface area contributed by atoms with Gasteiger partial charge in [-0.25, -0.2) is 4.98 Å². The number of hydrogen-bond acceptors (Lipinski definition) is 4. The van der Waals surface area contributed by atoms with Crippen molar-refractivity contribution < 1.29 is 4.42 Å². The fourth-order valence-electron chi connectivity index (χ4n) is 4.96. The molecule has 7 heteroatoms. The quantitative estimate of drug-likeness (QED) is 0.206. The standard InChI is InChI=1S/C30H25BrN4O2/c1-4-18(2)34-19(3)24(22-9-6-8-12-26(22)34)17-32-35-29(33-25-11-7-5-10-23(25)30(35)36)28-16-20-15-21(31)13-14-27(20)37-28/h5-18H,4H2,1-3H3/t18-/m1/s1. The van der Waals surface area contributed by atoms with E-state index in [9.17, 15) is 4.79 Å². The Balaban J connectivity index is 1.59. The Labute approximate surface area is 222 Å². The van der Waals surface area contributed by atoms with Crippen LogP contribution in [0, 0.1) is 6.92 Å². The van der Waals surface area contributed by atoms with Gasteiger partial charge in [0.1, 0.15) is 5.58 Å². The van der Waals surface area contributed by atoms with Gasteiger partial charge < -0.3 is 8.98 Å². The monoisotopic (exact) mass is 552 g/mol. The van der Waals surface area contributed by atoms with Crippen LogP contribution < -0.4 is 5.56 Å². The lowest BCUT2D eigenvalue weighted by Gasteiger charge is -2.15. The summed E-state index contributed by atoms with van der Waals surface area (Å²) in [5.74, 6) is 0.836. The number of hydrogen-bond donors (Lipinski definition) is 0. The molecule has 0 N–H and O–H groups in total. The Morgan fingerprint density at radius 2 is 1.81 bits per heavy atom. The second kappa shape index (κ2) is 9.16. The van der Waals surface area contributed by atoms with E-state index in [2.05, 4.69) is 59.5 Å². The molecule has 184 valence electrons. The summed E-state index contributed by atoms with van der Waals surface area (Å²) in [5.41, 5.74) is 4.31. The van der Waals surface area contributed by atoms with Gasteiger partial charge in [0.05, 0.1) is 17.1 Å². The van der Waals surface area contributed by atoms with Crippen LogP contribution in [0.25, 0.3) is 44.4 Å². The van der Waals surface area contributed by atoms with Crippen LogP contribution in [0.15, 0.2) is 91.6 Å². The highest BCUT2D eigenvalue weighted by atomic mass is 79.9. The largest absolute Gasteiger partial charge is 0.453 e. The van der Waals surface area contributed by atoms with Gasteiger partial charge in [0, 0.05) is 38.1 Å². The molecule has 37 heavy (non-hydrogen) atoms. The normalized spacial score (nSPS) is 12.9. The SMILES string of the molecule is CC[C@@H](C)n1c(C)c(C=Nn2c(-c3cc4cc(Br)ccc4o3)nc3ccccc3c2=O)c2ccccc21. The summed E-state index contributed by atoms with van der Waals surface area (Å²) in [7, 11) is 0. The summed E-state index contributed by atoms with van der Waals surface area (Å²) in [6.45, 7) is 6.51. The Hall–Kier alpha value is -3.97. The smallest absolute Gasteiger partial charge is 0.282 e. The molecule has 6 nitrogen and oxygen atoms in total. The van der Waals surface area contributed by atoms with Crippen molar-refractivity contribution in [1.82, 2.24) is 14.2 Å². The molecule has 0 aliphatic rings. The van der Waals surface area contributed by atoms with Crippen LogP contribution in [0.4, 0.5) is 0 Å². The number of para-hydroxylation sites is 2. The average molecular weight is 553 g/mol. The molecular formula is C30H25BrN4O2. The van der Waals surface area contributed by atoms with Crippen molar-refractivity contribution in [3.05, 3.63) is 98.9 Å². The van der Waals surface area contributed by atoms with E-state index in [1.165, 1.54) is 4.68 Å². The van der Waals surface area contributed by atoms with E-state index in [1.54, 1.807) is 12.3 Å². The summed E-state index contributed by atoms with van der Waals surface area (Å²) in [6.07, 6.45) is 2.79. The zero-order valence-corrected chi connectivity index (χ0v) is 22.4. The summed E-state index contributed by atoms with van der Waals surface area (Å²) >= 11 is 3.51. The first-order valence-corrected chi connectivity index (χ1v) is 13.1. The van der Waals surface area contributed by atoms with E-state index in [4.69, 9.17) is 14.5 Å². The third-order valence-corrected chi connectivity index (χ3v) is 7.48. The third kappa shape index (κ3) is 3.90. The van der Waals surface area contributed by atoms with Crippen molar-refractivity contribution in [1.29, 1.82) is 0 Å². The molecule has 3 aromatic carbocycles. The Morgan fingerprint density at radius 1 is 1.05 bits per heavy atom. The highest BCUT2D eigenvalue weighted by Gasteiger charge is 2.19. The van der Waals surface area contributed by atoms with E-state index in [0.29, 0.717) is 34.1 Å². The molecule has 6 aromatic rings. The van der Waals surface area contributed by atoms with Crippen molar-refractivity contribution in [2.75, 3.05) is 0 Å². The molecular weight excluding hydrogens is 528 g/mol. The molecule has 0 radical (unpaired) electrons. The van der Waals surface area contributed by atoms with Gasteiger partial charge in [-0.15, -0.1) is 0 Å². The number of halogens is 1. The number of benzene rings is 3. The molecule has 6 rings (SSSR count). The Kier molecular flexibility index (Phi) is 5.80. The van der Waals surface area contributed by atoms with E-state index in [0.717, 1.165) is 38.4 Å². The van der Waals surface area contributed by atoms with Gasteiger partial charge in [-0.3, -0.25) is 4.79 Å². The second-order valence-electron chi connectivity index (χ2n) is 9.25. The first-order chi connectivity index (χ1) is 18.0. The van der Waals surface area contributed by atoms with Gasteiger partial charge in [-0.05, 0) is 62.7 Å². The van der Waals surface area contributed by atoms with Crippen molar-refractivity contribution in [2.24, 2.45) is 5.10 Å². The van der Waals surface area contributed by atoms with E-state index in [1.807, 2.05) is 48.5 Å². The lowest BCUT2D eigenvalue weighted by atomic mass is 10.1. The number of aromatic nitrogens is 3. The molecule has 0 spiro atoms. The Bertz CT molecular complexity index is 1890. The lowest BCUT2D eigenvalue weighted by molar-refractivity contribution is 0.537. The molecule has 0 fully saturated rings. The molecule has 0 aliphatic carbocycles. The minimum Gasteiger partial charge on any atom is -0.453 e. The van der Waals surface area contributed by atoms with Gasteiger partial charge >= 0.3 is 0 Å². The maximum atomic E-state index is 13.7. The van der Waals surface area contributed by atoms with Crippen LogP contribution >= 0.6 is 15.9 Å². The second-order valence-corrected chi connectivity index (χ2v) is 10.2. The summed E-state index contributed by atoms with van der Waals surface area (Å²) in [4.78, 5) is 18.5. The molecule has 3 aromatic heterocycles. The lowest BCUT2D eigenvalue weighted by Crippen LogP contribution is -2.20. The molecule has 0 bridgehead atoms. The van der Waals surface area contributed by atoms with Crippen LogP contribution in [0.3, 0.4) is 0 Å². The van der Waals surface area contributed by atoms with Crippen LogP contribution in [-0.2, 0) is 0 Å². The molecule has 0 aliphatic heterocycles. The van der Waals surface area contributed by atoms with Crippen LogP contribution in [0.5, 0.6) is 0 Å². The maximum absolute atomic E-state index is 13.7. The highest BCUT2D eigenvalue weighted by Crippen LogP contribution is 2.31. The fourth-order valence-corrected chi connectivity index (χ4v) is 5.34. The zero-order chi connectivity index (χ0) is 25.7. The van der Waals surface area contributed by atoms with Crippen LogP contribution in [-0.4, -0.2) is 20.4 Å². The van der Waals surface area contributed by atoms with Gasteiger partial charge in [0.25, 0.3) is 5.56 Å². The molecule has 3 heterocycles. The minimum absolute atomic E-state index is 0.248. The number of fused-ring (bicyclic) bond motifs is 3. The van der Waals surface area contributed by atoms with Crippen molar-refractivity contribution in [3.8, 4) is 11.6 Å². The molecule has 0 saturated heterocycles. The molecule has 0 unspecified atom stereocenters. The summed E-state index contributed by atoms with van der Waals surface area (Å²) in [5, 5.41) is 7.24. The van der Waals surface area contributed by atoms with Gasteiger partial charge in [-0.2, -0.15) is 9.78 Å². The predicted octanol–water partition coefficient (Wildman–Crippen LogP) is 7.69. The summed E-state index contributed by atoms with van der Waals surface area (Å²) < 4.78 is 10.8. The molecule has 0 saturated carbocycles. The minimum atomic E-state index is -0.248. The van der Waals surface area contributed by atoms with Crippen molar-refractivity contribution in [3.63, 3.8) is 0 Å². The highest BCUT2D eigenvalue weighted by molar-refractivity contribution is 9.10. The molecule has 1 atom stereocenters. The first-order valence-electron chi connectivity index (χ1n) is 12.3. The number of rotatable bonds is 5.